The maximum absolute atomic E-state index is 13.0. The first-order chi connectivity index (χ1) is 16.0. The third-order valence-electron chi connectivity index (χ3n) is 5.83. The van der Waals surface area contributed by atoms with Gasteiger partial charge in [0, 0.05) is 31.2 Å². The Hall–Kier alpha value is -3.26. The number of para-hydroxylation sites is 2. The van der Waals surface area contributed by atoms with Gasteiger partial charge < -0.3 is 19.3 Å². The Morgan fingerprint density at radius 1 is 1.12 bits per heavy atom. The van der Waals surface area contributed by atoms with Gasteiger partial charge in [-0.05, 0) is 36.8 Å². The van der Waals surface area contributed by atoms with Crippen molar-refractivity contribution >= 4 is 35.1 Å². The third-order valence-corrected chi connectivity index (χ3v) is 6.07. The SMILES string of the molecule is CCOC(=O)[C@H]1C(=O)NC(N2CCN(c3ccccc3OC)CC2)=N[C@H]1c1cccc(Cl)c1. The number of guanidine groups is 1. The minimum absolute atomic E-state index is 0.187. The van der Waals surface area contributed by atoms with E-state index in [2.05, 4.69) is 10.2 Å². The first kappa shape index (κ1) is 22.9. The van der Waals surface area contributed by atoms with E-state index in [-0.39, 0.29) is 6.61 Å². The van der Waals surface area contributed by atoms with Crippen molar-refractivity contribution < 1.29 is 19.1 Å². The number of nitrogens with zero attached hydrogens (tertiary/aromatic N) is 3. The summed E-state index contributed by atoms with van der Waals surface area (Å²) in [6.07, 6.45) is 0. The summed E-state index contributed by atoms with van der Waals surface area (Å²) >= 11 is 6.18. The van der Waals surface area contributed by atoms with Crippen molar-refractivity contribution in [3.63, 3.8) is 0 Å². The van der Waals surface area contributed by atoms with Gasteiger partial charge in [-0.3, -0.25) is 14.9 Å². The largest absolute Gasteiger partial charge is 0.495 e. The molecule has 0 bridgehead atoms. The molecule has 0 aliphatic carbocycles. The molecule has 0 spiro atoms. The minimum atomic E-state index is -1.07. The lowest BCUT2D eigenvalue weighted by molar-refractivity contribution is -0.153. The monoisotopic (exact) mass is 470 g/mol. The zero-order valence-electron chi connectivity index (χ0n) is 18.7. The van der Waals surface area contributed by atoms with Gasteiger partial charge in [0.05, 0.1) is 19.4 Å². The van der Waals surface area contributed by atoms with Crippen molar-refractivity contribution in [3.8, 4) is 5.75 Å². The topological polar surface area (TPSA) is 83.5 Å². The summed E-state index contributed by atoms with van der Waals surface area (Å²) in [5.74, 6) is -0.792. The lowest BCUT2D eigenvalue weighted by Crippen LogP contribution is -2.57. The van der Waals surface area contributed by atoms with Crippen LogP contribution in [0.3, 0.4) is 0 Å². The highest BCUT2D eigenvalue weighted by Gasteiger charge is 2.42. The molecule has 0 saturated carbocycles. The fourth-order valence-electron chi connectivity index (χ4n) is 4.21. The van der Waals surface area contributed by atoms with E-state index in [1.54, 1.807) is 32.2 Å². The number of piperazine rings is 1. The molecule has 2 aliphatic rings. The number of aliphatic imine (C=N–C) groups is 1. The van der Waals surface area contributed by atoms with Gasteiger partial charge in [0.2, 0.25) is 11.9 Å². The molecule has 1 N–H and O–H groups in total. The van der Waals surface area contributed by atoms with Crippen LogP contribution in [0, 0.1) is 5.92 Å². The predicted octanol–water partition coefficient (Wildman–Crippen LogP) is 2.88. The minimum Gasteiger partial charge on any atom is -0.495 e. The van der Waals surface area contributed by atoms with E-state index < -0.39 is 23.8 Å². The van der Waals surface area contributed by atoms with E-state index in [0.29, 0.717) is 29.6 Å². The molecule has 2 aromatic rings. The Kier molecular flexibility index (Phi) is 7.03. The molecule has 4 rings (SSSR count). The fraction of sp³-hybridized carbons (Fsp3) is 0.375. The van der Waals surface area contributed by atoms with E-state index in [1.165, 1.54) is 0 Å². The van der Waals surface area contributed by atoms with Gasteiger partial charge in [-0.25, -0.2) is 4.99 Å². The number of carbonyl (C=O) groups excluding carboxylic acids is 2. The van der Waals surface area contributed by atoms with Gasteiger partial charge in [-0.1, -0.05) is 35.9 Å². The molecule has 0 aromatic heterocycles. The standard InChI is InChI=1S/C24H27ClN4O4/c1-3-33-23(31)20-21(16-7-6-8-17(25)15-16)26-24(27-22(20)30)29-13-11-28(12-14-29)18-9-4-5-10-19(18)32-2/h4-10,15,20-21H,3,11-14H2,1-2H3,(H,26,27,30)/t20-,21+/m1/s1. The Labute approximate surface area is 198 Å². The number of hydrogen-bond donors (Lipinski definition) is 1. The smallest absolute Gasteiger partial charge is 0.321 e. The van der Waals surface area contributed by atoms with Crippen LogP contribution < -0.4 is 15.0 Å². The molecule has 174 valence electrons. The molecule has 0 radical (unpaired) electrons. The second kappa shape index (κ2) is 10.1. The number of halogens is 1. The first-order valence-electron chi connectivity index (χ1n) is 11.0. The molecule has 1 fully saturated rings. The molecule has 2 aromatic carbocycles. The Balaban J connectivity index is 1.57. The van der Waals surface area contributed by atoms with Crippen LogP contribution in [0.1, 0.15) is 18.5 Å². The molecule has 1 saturated heterocycles. The lowest BCUT2D eigenvalue weighted by atomic mass is 9.91. The highest BCUT2D eigenvalue weighted by atomic mass is 35.5. The van der Waals surface area contributed by atoms with E-state index in [9.17, 15) is 9.59 Å². The highest BCUT2D eigenvalue weighted by molar-refractivity contribution is 6.30. The number of carbonyl (C=O) groups is 2. The van der Waals surface area contributed by atoms with Crippen molar-refractivity contribution in [2.45, 2.75) is 13.0 Å². The Morgan fingerprint density at radius 2 is 1.85 bits per heavy atom. The summed E-state index contributed by atoms with van der Waals surface area (Å²) in [7, 11) is 1.66. The zero-order valence-corrected chi connectivity index (χ0v) is 19.4. The maximum Gasteiger partial charge on any atom is 0.321 e. The second-order valence-electron chi connectivity index (χ2n) is 7.82. The average molecular weight is 471 g/mol. The molecular formula is C24H27ClN4O4. The fourth-order valence-corrected chi connectivity index (χ4v) is 4.41. The molecule has 33 heavy (non-hydrogen) atoms. The quantitative estimate of drug-likeness (QED) is 0.534. The van der Waals surface area contributed by atoms with E-state index in [1.807, 2.05) is 35.2 Å². The van der Waals surface area contributed by atoms with Crippen molar-refractivity contribution in [1.82, 2.24) is 10.2 Å². The molecule has 2 atom stereocenters. The van der Waals surface area contributed by atoms with Gasteiger partial charge in [-0.15, -0.1) is 0 Å². The third kappa shape index (κ3) is 4.90. The molecule has 8 nitrogen and oxygen atoms in total. The number of methoxy groups -OCH3 is 1. The van der Waals surface area contributed by atoms with Crippen LogP contribution in [0.25, 0.3) is 0 Å². The number of ether oxygens (including phenoxy) is 2. The van der Waals surface area contributed by atoms with Crippen molar-refractivity contribution in [2.75, 3.05) is 44.8 Å². The number of rotatable bonds is 5. The molecule has 2 heterocycles. The zero-order chi connectivity index (χ0) is 23.4. The maximum atomic E-state index is 13.0. The summed E-state index contributed by atoms with van der Waals surface area (Å²) in [4.78, 5) is 34.7. The van der Waals surface area contributed by atoms with Gasteiger partial charge >= 0.3 is 5.97 Å². The van der Waals surface area contributed by atoms with Crippen molar-refractivity contribution in [2.24, 2.45) is 10.9 Å². The first-order valence-corrected chi connectivity index (χ1v) is 11.3. The molecular weight excluding hydrogens is 444 g/mol. The normalized spacial score (nSPS) is 20.7. The summed E-state index contributed by atoms with van der Waals surface area (Å²) in [5, 5.41) is 3.34. The number of anilines is 1. The van der Waals surface area contributed by atoms with Gasteiger partial charge in [0.1, 0.15) is 11.8 Å². The summed E-state index contributed by atoms with van der Waals surface area (Å²) in [6.45, 7) is 4.68. The summed E-state index contributed by atoms with van der Waals surface area (Å²) in [5.41, 5.74) is 1.73. The summed E-state index contributed by atoms with van der Waals surface area (Å²) < 4.78 is 10.7. The van der Waals surface area contributed by atoms with Crippen LogP contribution in [0.5, 0.6) is 5.75 Å². The van der Waals surface area contributed by atoms with E-state index >= 15 is 0 Å². The van der Waals surface area contributed by atoms with E-state index in [0.717, 1.165) is 24.5 Å². The Bertz CT molecular complexity index is 1050. The predicted molar refractivity (Wildman–Crippen MR) is 127 cm³/mol. The van der Waals surface area contributed by atoms with Crippen LogP contribution in [0.4, 0.5) is 5.69 Å². The molecule has 0 unspecified atom stereocenters. The second-order valence-corrected chi connectivity index (χ2v) is 8.25. The number of esters is 1. The lowest BCUT2D eigenvalue weighted by Gasteiger charge is -2.40. The van der Waals surface area contributed by atoms with Crippen LogP contribution >= 0.6 is 11.6 Å². The van der Waals surface area contributed by atoms with Crippen LogP contribution in [0.2, 0.25) is 5.02 Å². The summed E-state index contributed by atoms with van der Waals surface area (Å²) in [6, 6.07) is 14.3. The van der Waals surface area contributed by atoms with Crippen molar-refractivity contribution in [3.05, 3.63) is 59.1 Å². The highest BCUT2D eigenvalue weighted by Crippen LogP contribution is 2.33. The Morgan fingerprint density at radius 3 is 2.55 bits per heavy atom. The van der Waals surface area contributed by atoms with Crippen molar-refractivity contribution in [1.29, 1.82) is 0 Å². The molecule has 9 heteroatoms. The van der Waals surface area contributed by atoms with Gasteiger partial charge in [0.25, 0.3) is 0 Å². The van der Waals surface area contributed by atoms with Crippen LogP contribution in [-0.4, -0.2) is 62.6 Å². The van der Waals surface area contributed by atoms with Crippen LogP contribution in [0.15, 0.2) is 53.5 Å². The number of amides is 1. The number of benzene rings is 2. The number of nitrogens with one attached hydrogen (secondary N) is 1. The molecule has 2 aliphatic heterocycles. The van der Waals surface area contributed by atoms with E-state index in [4.69, 9.17) is 26.1 Å². The van der Waals surface area contributed by atoms with Gasteiger partial charge in [-0.2, -0.15) is 0 Å². The molecule has 1 amide bonds. The number of hydrogen-bond acceptors (Lipinski definition) is 7. The van der Waals surface area contributed by atoms with Crippen LogP contribution in [-0.2, 0) is 14.3 Å². The van der Waals surface area contributed by atoms with Gasteiger partial charge in [0.15, 0.2) is 5.92 Å². The average Bonchev–Trinajstić information content (AvgIpc) is 2.83.